The fraction of sp³-hybridized carbons (Fsp3) is 0.500. The highest BCUT2D eigenvalue weighted by Gasteiger charge is 2.19. The molecule has 0 aromatic carbocycles. The van der Waals surface area contributed by atoms with E-state index in [-0.39, 0.29) is 20.3 Å². The summed E-state index contributed by atoms with van der Waals surface area (Å²) in [5.41, 5.74) is 0. The Morgan fingerprint density at radius 1 is 1.75 bits per heavy atom. The molecule has 1 atom stereocenters. The largest absolute Gasteiger partial charge is 0.542 e. The predicted molar refractivity (Wildman–Crippen MR) is 42.8 cm³/mol. The van der Waals surface area contributed by atoms with Crippen LogP contribution in [0.25, 0.3) is 0 Å². The minimum atomic E-state index is -0.880. The van der Waals surface area contributed by atoms with Crippen molar-refractivity contribution in [2.45, 2.75) is 12.4 Å². The summed E-state index contributed by atoms with van der Waals surface area (Å²) >= 11 is 0. The number of rotatable bonds is 6. The molecule has 0 fully saturated rings. The highest BCUT2D eigenvalue weighted by molar-refractivity contribution is 6.30. The summed E-state index contributed by atoms with van der Waals surface area (Å²) in [6.07, 6.45) is -0.697. The molecule has 2 N–H and O–H groups in total. The van der Waals surface area contributed by atoms with Crippen LogP contribution in [-0.2, 0) is 23.7 Å². The van der Waals surface area contributed by atoms with Crippen molar-refractivity contribution < 1.29 is 23.7 Å². The van der Waals surface area contributed by atoms with Crippen LogP contribution in [0.3, 0.4) is 0 Å². The van der Waals surface area contributed by atoms with E-state index in [0.29, 0.717) is 0 Å². The van der Waals surface area contributed by atoms with E-state index < -0.39 is 12.1 Å². The van der Waals surface area contributed by atoms with E-state index in [2.05, 4.69) is 14.1 Å². The van der Waals surface area contributed by atoms with Gasteiger partial charge in [0, 0.05) is 6.32 Å². The van der Waals surface area contributed by atoms with Crippen molar-refractivity contribution in [3.05, 3.63) is 0 Å². The van der Waals surface area contributed by atoms with Gasteiger partial charge in [0.15, 0.2) is 6.10 Å². The Bertz CT molecular complexity index is 154. The zero-order valence-electron chi connectivity index (χ0n) is 6.69. The number of hydrogen-bond donors (Lipinski definition) is 1. The highest BCUT2D eigenvalue weighted by atomic mass is 16.6. The normalized spacial score (nSPS) is 11.4. The molecule has 0 aromatic heterocycles. The molecular formula is C4H9B2NO5. The van der Waals surface area contributed by atoms with Crippen LogP contribution in [-0.4, -0.2) is 34.1 Å². The number of carbonyl (C=O) groups excluding carboxylic acids is 2. The maximum absolute atomic E-state index is 10.8. The van der Waals surface area contributed by atoms with Gasteiger partial charge in [0.05, 0.1) is 0 Å². The van der Waals surface area contributed by atoms with Crippen molar-refractivity contribution in [3.8, 4) is 0 Å². The first-order valence-electron chi connectivity index (χ1n) is 3.24. The third-order valence-electron chi connectivity index (χ3n) is 1.19. The Kier molecular flexibility index (Phi) is 6.12. The van der Waals surface area contributed by atoms with Crippen molar-refractivity contribution >= 4 is 28.0 Å². The second-order valence-corrected chi connectivity index (χ2v) is 1.90. The van der Waals surface area contributed by atoms with Crippen LogP contribution < -0.4 is 5.90 Å². The number of hydrogen-bond acceptors (Lipinski definition) is 6. The Morgan fingerprint density at radius 3 is 2.83 bits per heavy atom. The first-order valence-corrected chi connectivity index (χ1v) is 3.24. The summed E-state index contributed by atoms with van der Waals surface area (Å²) in [5.74, 6) is 4.20. The second kappa shape index (κ2) is 6.68. The van der Waals surface area contributed by atoms with E-state index in [1.54, 1.807) is 0 Å². The van der Waals surface area contributed by atoms with Gasteiger partial charge in [-0.1, -0.05) is 0 Å². The quantitative estimate of drug-likeness (QED) is 0.203. The lowest BCUT2D eigenvalue weighted by Crippen LogP contribution is -2.30. The van der Waals surface area contributed by atoms with Crippen molar-refractivity contribution in [1.82, 2.24) is 0 Å². The summed E-state index contributed by atoms with van der Waals surface area (Å²) in [7, 11) is 1.29. The van der Waals surface area contributed by atoms with E-state index in [4.69, 9.17) is 5.90 Å². The van der Waals surface area contributed by atoms with Crippen LogP contribution in [0, 0.1) is 0 Å². The van der Waals surface area contributed by atoms with E-state index in [9.17, 15) is 9.59 Å². The minimum Gasteiger partial charge on any atom is -0.542 e. The molecule has 0 heterocycles. The van der Waals surface area contributed by atoms with Crippen LogP contribution in [0.15, 0.2) is 0 Å². The SMILES string of the molecule is BOC(=O)[C@@H](CBOC=O)ON. The molecule has 0 saturated heterocycles. The molecule has 0 aromatic rings. The van der Waals surface area contributed by atoms with Gasteiger partial charge in [-0.2, -0.15) is 0 Å². The maximum atomic E-state index is 10.8. The molecule has 0 amide bonds. The summed E-state index contributed by atoms with van der Waals surface area (Å²) in [4.78, 5) is 24.7. The Labute approximate surface area is 71.0 Å². The summed E-state index contributed by atoms with van der Waals surface area (Å²) in [6.45, 7) is 0.283. The van der Waals surface area contributed by atoms with Gasteiger partial charge < -0.3 is 9.31 Å². The average molecular weight is 173 g/mol. The molecule has 0 bridgehead atoms. The van der Waals surface area contributed by atoms with Gasteiger partial charge in [0.25, 0.3) is 6.47 Å². The first kappa shape index (κ1) is 11.0. The van der Waals surface area contributed by atoms with Crippen LogP contribution in [0.2, 0.25) is 6.32 Å². The lowest BCUT2D eigenvalue weighted by atomic mass is 9.91. The van der Waals surface area contributed by atoms with Gasteiger partial charge in [-0.15, -0.1) is 0 Å². The number of carbonyl (C=O) groups is 2. The Morgan fingerprint density at radius 2 is 2.42 bits per heavy atom. The molecule has 0 aliphatic carbocycles. The van der Waals surface area contributed by atoms with E-state index >= 15 is 0 Å². The fourth-order valence-electron chi connectivity index (χ4n) is 0.596. The number of nitrogens with two attached hydrogens (primary N) is 1. The zero-order valence-corrected chi connectivity index (χ0v) is 6.69. The van der Waals surface area contributed by atoms with E-state index in [1.165, 1.54) is 8.05 Å². The molecule has 6 nitrogen and oxygen atoms in total. The molecule has 0 saturated carbocycles. The molecule has 0 aliphatic rings. The lowest BCUT2D eigenvalue weighted by Gasteiger charge is -2.10. The van der Waals surface area contributed by atoms with Crippen LogP contribution in [0.4, 0.5) is 0 Å². The third kappa shape index (κ3) is 3.99. The van der Waals surface area contributed by atoms with Gasteiger partial charge in [0.1, 0.15) is 0 Å². The first-order chi connectivity index (χ1) is 5.76. The van der Waals surface area contributed by atoms with Gasteiger partial charge in [-0.3, -0.25) is 14.4 Å². The molecule has 66 valence electrons. The monoisotopic (exact) mass is 173 g/mol. The maximum Gasteiger partial charge on any atom is 0.346 e. The van der Waals surface area contributed by atoms with E-state index in [0.717, 1.165) is 0 Å². The summed E-state index contributed by atoms with van der Waals surface area (Å²) < 4.78 is 8.68. The Balaban J connectivity index is 3.66. The van der Waals surface area contributed by atoms with Crippen molar-refractivity contribution in [2.24, 2.45) is 5.90 Å². The molecule has 0 spiro atoms. The van der Waals surface area contributed by atoms with Gasteiger partial charge in [-0.05, 0) is 0 Å². The molecule has 0 radical (unpaired) electrons. The van der Waals surface area contributed by atoms with E-state index in [1.807, 2.05) is 0 Å². The standard InChI is InChI=1S/C4H9B2NO5/c5-11-4(9)3(12-7)1-6-10-2-8/h2-3,6H,1,5,7H2/t3-/m1/s1. The minimum absolute atomic E-state index is 0.0699. The van der Waals surface area contributed by atoms with Crippen LogP contribution in [0.5, 0.6) is 0 Å². The average Bonchev–Trinajstić information content (AvgIpc) is 2.11. The molecule has 8 heteroatoms. The fourth-order valence-corrected chi connectivity index (χ4v) is 0.596. The molecule has 0 unspecified atom stereocenters. The van der Waals surface area contributed by atoms with Gasteiger partial charge in [-0.25, -0.2) is 5.90 Å². The highest BCUT2D eigenvalue weighted by Crippen LogP contribution is 1.97. The van der Waals surface area contributed by atoms with Crippen molar-refractivity contribution in [1.29, 1.82) is 0 Å². The van der Waals surface area contributed by atoms with Crippen LogP contribution >= 0.6 is 0 Å². The lowest BCUT2D eigenvalue weighted by molar-refractivity contribution is -0.146. The van der Waals surface area contributed by atoms with Gasteiger partial charge in [0.2, 0.25) is 0 Å². The molecule has 0 rings (SSSR count). The molecule has 0 aliphatic heterocycles. The smallest absolute Gasteiger partial charge is 0.346 e. The van der Waals surface area contributed by atoms with Crippen molar-refractivity contribution in [3.63, 3.8) is 0 Å². The predicted octanol–water partition coefficient (Wildman–Crippen LogP) is -2.72. The van der Waals surface area contributed by atoms with Crippen molar-refractivity contribution in [2.75, 3.05) is 0 Å². The zero-order chi connectivity index (χ0) is 9.40. The van der Waals surface area contributed by atoms with Crippen LogP contribution in [0.1, 0.15) is 0 Å². The second-order valence-electron chi connectivity index (χ2n) is 1.90. The third-order valence-corrected chi connectivity index (χ3v) is 1.19. The molecule has 12 heavy (non-hydrogen) atoms. The molecular weight excluding hydrogens is 164 g/mol. The van der Waals surface area contributed by atoms with Gasteiger partial charge >= 0.3 is 21.5 Å². The summed E-state index contributed by atoms with van der Waals surface area (Å²) in [6, 6.07) is 0. The Hall–Kier alpha value is -1.01. The topological polar surface area (TPSA) is 87.8 Å². The summed E-state index contributed by atoms with van der Waals surface area (Å²) in [5, 5.41) is 0.